The molecule has 0 radical (unpaired) electrons. The van der Waals surface area contributed by atoms with Crippen molar-refractivity contribution >= 4 is 28.6 Å². The number of hydrogen-bond donors (Lipinski definition) is 1. The van der Waals surface area contributed by atoms with Gasteiger partial charge in [-0.15, -0.1) is 0 Å². The van der Waals surface area contributed by atoms with E-state index in [0.29, 0.717) is 6.61 Å². The van der Waals surface area contributed by atoms with Crippen LogP contribution in [0.1, 0.15) is 37.8 Å². The molecule has 0 unspecified atom stereocenters. The molecule has 3 aromatic carbocycles. The SMILES string of the molecule is COC(=O)C(C)(C)CCCOc1cc(C)c([SH]2c3ccccc3Sc3ccccc32)cc1C. The van der Waals surface area contributed by atoms with Crippen LogP contribution in [0.4, 0.5) is 0 Å². The molecule has 0 spiro atoms. The van der Waals surface area contributed by atoms with Crippen LogP contribution in [0, 0.1) is 19.3 Å². The molecule has 0 amide bonds. The predicted molar refractivity (Wildman–Crippen MR) is 137 cm³/mol. The molecule has 0 atom stereocenters. The first kappa shape index (κ1) is 23.8. The lowest BCUT2D eigenvalue weighted by atomic mass is 9.88. The van der Waals surface area contributed by atoms with E-state index in [2.05, 4.69) is 74.5 Å². The highest BCUT2D eigenvalue weighted by molar-refractivity contribution is 8.18. The van der Waals surface area contributed by atoms with Gasteiger partial charge in [0.15, 0.2) is 0 Å². The minimum Gasteiger partial charge on any atom is -0.493 e. The smallest absolute Gasteiger partial charge is 0.311 e. The summed E-state index contributed by atoms with van der Waals surface area (Å²) < 4.78 is 11.1. The van der Waals surface area contributed by atoms with Crippen molar-refractivity contribution < 1.29 is 14.3 Å². The Morgan fingerprint density at radius 3 is 2.12 bits per heavy atom. The molecule has 0 N–H and O–H groups in total. The van der Waals surface area contributed by atoms with E-state index in [-0.39, 0.29) is 5.97 Å². The number of carbonyl (C=O) groups excluding carboxylic acids is 1. The minimum atomic E-state index is -0.617. The van der Waals surface area contributed by atoms with Gasteiger partial charge in [0, 0.05) is 19.6 Å². The quantitative estimate of drug-likeness (QED) is 0.168. The highest BCUT2D eigenvalue weighted by Gasteiger charge is 2.28. The summed E-state index contributed by atoms with van der Waals surface area (Å²) in [5.41, 5.74) is 1.92. The van der Waals surface area contributed by atoms with Crippen molar-refractivity contribution in [2.45, 2.75) is 65.0 Å². The first-order chi connectivity index (χ1) is 15.8. The minimum absolute atomic E-state index is 0.174. The van der Waals surface area contributed by atoms with Gasteiger partial charge in [-0.2, -0.15) is 10.9 Å². The van der Waals surface area contributed by atoms with E-state index in [9.17, 15) is 4.79 Å². The molecule has 1 heterocycles. The van der Waals surface area contributed by atoms with Gasteiger partial charge in [0.25, 0.3) is 0 Å². The number of esters is 1. The molecule has 3 nitrogen and oxygen atoms in total. The molecule has 0 bridgehead atoms. The van der Waals surface area contributed by atoms with Crippen LogP contribution >= 0.6 is 22.7 Å². The maximum absolute atomic E-state index is 11.9. The number of fused-ring (bicyclic) bond motifs is 2. The summed E-state index contributed by atoms with van der Waals surface area (Å²) in [7, 11) is 0.826. The second-order valence-electron chi connectivity index (χ2n) is 9.10. The van der Waals surface area contributed by atoms with Gasteiger partial charge in [-0.1, -0.05) is 36.0 Å². The van der Waals surface area contributed by atoms with Crippen molar-refractivity contribution in [2.24, 2.45) is 5.41 Å². The molecule has 1 aliphatic rings. The van der Waals surface area contributed by atoms with Crippen LogP contribution in [0.2, 0.25) is 0 Å². The van der Waals surface area contributed by atoms with Crippen molar-refractivity contribution in [3.63, 3.8) is 0 Å². The second kappa shape index (κ2) is 9.86. The summed E-state index contributed by atoms with van der Waals surface area (Å²) in [6, 6.07) is 22.1. The van der Waals surface area contributed by atoms with Crippen LogP contribution in [0.15, 0.2) is 85.1 Å². The normalized spacial score (nSPS) is 13.8. The Labute approximate surface area is 204 Å². The molecule has 1 aliphatic heterocycles. The average Bonchev–Trinajstić information content (AvgIpc) is 2.81. The van der Waals surface area contributed by atoms with Gasteiger partial charge in [0.2, 0.25) is 0 Å². The fourth-order valence-electron chi connectivity index (χ4n) is 4.21. The largest absolute Gasteiger partial charge is 0.493 e. The second-order valence-corrected chi connectivity index (χ2v) is 12.3. The lowest BCUT2D eigenvalue weighted by molar-refractivity contribution is -0.151. The number of carbonyl (C=O) groups is 1. The fourth-order valence-corrected chi connectivity index (χ4v) is 8.49. The maximum atomic E-state index is 11.9. The standard InChI is InChI=1S/C28H32O3S2/c1-19-18-26(20(2)17-21(19)31-16-10-15-28(3,4)27(29)30-5)33-24-13-8-6-11-22(24)32-23-12-7-9-14-25(23)33/h6-9,11-14,17-18,33H,10,15-16H2,1-5H3. The van der Waals surface area contributed by atoms with E-state index >= 15 is 0 Å². The van der Waals surface area contributed by atoms with Gasteiger partial charge in [-0.3, -0.25) is 4.79 Å². The lowest BCUT2D eigenvalue weighted by Gasteiger charge is -2.33. The molecule has 0 fully saturated rings. The number of aryl methyl sites for hydroxylation is 2. The predicted octanol–water partition coefficient (Wildman–Crippen LogP) is 7.60. The summed E-state index contributed by atoms with van der Waals surface area (Å²) in [6.07, 6.45) is 1.53. The molecule has 0 aliphatic carbocycles. The number of ether oxygens (including phenoxy) is 2. The van der Waals surface area contributed by atoms with Crippen molar-refractivity contribution in [1.82, 2.24) is 0 Å². The Bertz CT molecular complexity index is 1120. The van der Waals surface area contributed by atoms with E-state index in [4.69, 9.17) is 9.47 Å². The number of thiol groups is 1. The monoisotopic (exact) mass is 480 g/mol. The third-order valence-corrected chi connectivity index (χ3v) is 10.3. The molecule has 4 rings (SSSR count). The van der Waals surface area contributed by atoms with Crippen molar-refractivity contribution in [1.29, 1.82) is 0 Å². The zero-order chi connectivity index (χ0) is 23.6. The Balaban J connectivity index is 1.57. The number of rotatable bonds is 7. The van der Waals surface area contributed by atoms with Gasteiger partial charge >= 0.3 is 5.97 Å². The number of benzene rings is 3. The molecule has 174 valence electrons. The molecular weight excluding hydrogens is 448 g/mol. The van der Waals surface area contributed by atoms with Crippen molar-refractivity contribution in [3.05, 3.63) is 71.8 Å². The van der Waals surface area contributed by atoms with Crippen molar-refractivity contribution in [3.8, 4) is 5.75 Å². The first-order valence-electron chi connectivity index (χ1n) is 11.3. The van der Waals surface area contributed by atoms with Crippen LogP contribution in [0.5, 0.6) is 5.75 Å². The van der Waals surface area contributed by atoms with Crippen LogP contribution in [0.3, 0.4) is 0 Å². The van der Waals surface area contributed by atoms with E-state index in [0.717, 1.165) is 24.2 Å². The van der Waals surface area contributed by atoms with Crippen LogP contribution in [0.25, 0.3) is 0 Å². The first-order valence-corrected chi connectivity index (χ1v) is 13.5. The number of methoxy groups -OCH3 is 1. The third kappa shape index (κ3) is 4.95. The molecule has 5 heteroatoms. The highest BCUT2D eigenvalue weighted by Crippen LogP contribution is 2.62. The van der Waals surface area contributed by atoms with Gasteiger partial charge in [-0.05, 0) is 93.0 Å². The summed E-state index contributed by atoms with van der Waals surface area (Å²) in [4.78, 5) is 18.9. The molecular formula is C28H32O3S2. The Kier molecular flexibility index (Phi) is 7.10. The van der Waals surface area contributed by atoms with Gasteiger partial charge < -0.3 is 9.47 Å². The molecule has 0 aromatic heterocycles. The molecule has 3 aromatic rings. The highest BCUT2D eigenvalue weighted by atomic mass is 32.2. The zero-order valence-electron chi connectivity index (χ0n) is 20.0. The van der Waals surface area contributed by atoms with E-state index < -0.39 is 16.3 Å². The third-order valence-electron chi connectivity index (χ3n) is 6.11. The maximum Gasteiger partial charge on any atom is 0.311 e. The van der Waals surface area contributed by atoms with E-state index in [1.54, 1.807) is 0 Å². The van der Waals surface area contributed by atoms with Crippen LogP contribution in [-0.4, -0.2) is 19.7 Å². The van der Waals surface area contributed by atoms with Gasteiger partial charge in [-0.25, -0.2) is 0 Å². The molecule has 0 saturated heterocycles. The summed E-state index contributed by atoms with van der Waals surface area (Å²) in [5.74, 6) is 0.752. The Morgan fingerprint density at radius 2 is 1.52 bits per heavy atom. The zero-order valence-corrected chi connectivity index (χ0v) is 21.7. The summed E-state index contributed by atoms with van der Waals surface area (Å²) in [5, 5.41) is 0. The fraction of sp³-hybridized carbons (Fsp3) is 0.321. The van der Waals surface area contributed by atoms with E-state index in [1.165, 1.54) is 37.2 Å². The molecule has 33 heavy (non-hydrogen) atoms. The van der Waals surface area contributed by atoms with Crippen LogP contribution < -0.4 is 4.74 Å². The Morgan fingerprint density at radius 1 is 0.909 bits per heavy atom. The van der Waals surface area contributed by atoms with Gasteiger partial charge in [0.05, 0.1) is 19.1 Å². The average molecular weight is 481 g/mol. The number of hydrogen-bond acceptors (Lipinski definition) is 4. The Hall–Kier alpha value is -2.37. The van der Waals surface area contributed by atoms with E-state index in [1.807, 2.05) is 25.6 Å². The van der Waals surface area contributed by atoms with Crippen LogP contribution in [-0.2, 0) is 9.53 Å². The summed E-state index contributed by atoms with van der Waals surface area (Å²) >= 11 is 1.87. The molecule has 0 saturated carbocycles. The lowest BCUT2D eigenvalue weighted by Crippen LogP contribution is -2.26. The topological polar surface area (TPSA) is 35.5 Å². The van der Waals surface area contributed by atoms with Gasteiger partial charge in [0.1, 0.15) is 5.75 Å². The van der Waals surface area contributed by atoms with Crippen molar-refractivity contribution in [2.75, 3.05) is 13.7 Å². The summed E-state index contributed by atoms with van der Waals surface area (Å²) in [6.45, 7) is 8.74.